The Labute approximate surface area is 124 Å². The third kappa shape index (κ3) is 2.58. The van der Waals surface area contributed by atoms with Crippen LogP contribution in [0.2, 0.25) is 0 Å². The zero-order chi connectivity index (χ0) is 14.7. The van der Waals surface area contributed by atoms with E-state index >= 15 is 0 Å². The molecule has 108 valence electrons. The number of morpholine rings is 1. The van der Waals surface area contributed by atoms with E-state index < -0.39 is 0 Å². The minimum atomic E-state index is -0.246. The van der Waals surface area contributed by atoms with E-state index in [1.165, 1.54) is 0 Å². The first-order chi connectivity index (χ1) is 10.3. The minimum absolute atomic E-state index is 0.246. The van der Waals surface area contributed by atoms with Crippen molar-refractivity contribution in [3.05, 3.63) is 42.0 Å². The fourth-order valence-electron chi connectivity index (χ4n) is 2.89. The first kappa shape index (κ1) is 13.9. The third-order valence-corrected chi connectivity index (χ3v) is 3.97. The van der Waals surface area contributed by atoms with Crippen LogP contribution < -0.4 is 4.74 Å². The standard InChI is InChI=1S/C17H18N2O2/c1-20-17-7-6-14(13-4-2-3-5-15(13)17)16(12-18)19-8-10-21-11-9-19/h2-7,16H,8-11H2,1H3. The molecule has 4 heteroatoms. The van der Waals surface area contributed by atoms with Crippen LogP contribution in [0.15, 0.2) is 36.4 Å². The quantitative estimate of drug-likeness (QED) is 0.868. The van der Waals surface area contributed by atoms with E-state index in [2.05, 4.69) is 17.0 Å². The lowest BCUT2D eigenvalue weighted by Crippen LogP contribution is -2.38. The predicted molar refractivity (Wildman–Crippen MR) is 81.2 cm³/mol. The van der Waals surface area contributed by atoms with Crippen LogP contribution in [0, 0.1) is 11.3 Å². The highest BCUT2D eigenvalue weighted by molar-refractivity contribution is 5.91. The number of benzene rings is 2. The highest BCUT2D eigenvalue weighted by atomic mass is 16.5. The van der Waals surface area contributed by atoms with E-state index in [-0.39, 0.29) is 6.04 Å². The Bertz CT molecular complexity index is 672. The number of methoxy groups -OCH3 is 1. The van der Waals surface area contributed by atoms with E-state index in [0.29, 0.717) is 13.2 Å². The summed E-state index contributed by atoms with van der Waals surface area (Å²) < 4.78 is 10.8. The van der Waals surface area contributed by atoms with Gasteiger partial charge in [-0.15, -0.1) is 0 Å². The van der Waals surface area contributed by atoms with Gasteiger partial charge in [0.25, 0.3) is 0 Å². The zero-order valence-corrected chi connectivity index (χ0v) is 12.1. The van der Waals surface area contributed by atoms with Crippen molar-refractivity contribution < 1.29 is 9.47 Å². The monoisotopic (exact) mass is 282 g/mol. The second-order valence-corrected chi connectivity index (χ2v) is 5.08. The van der Waals surface area contributed by atoms with Gasteiger partial charge in [-0.1, -0.05) is 30.3 Å². The molecule has 4 nitrogen and oxygen atoms in total. The highest BCUT2D eigenvalue weighted by Gasteiger charge is 2.24. The Kier molecular flexibility index (Phi) is 4.05. The average Bonchev–Trinajstić information content (AvgIpc) is 2.56. The molecule has 1 saturated heterocycles. The van der Waals surface area contributed by atoms with Gasteiger partial charge in [0, 0.05) is 18.5 Å². The van der Waals surface area contributed by atoms with Gasteiger partial charge in [-0.05, 0) is 17.0 Å². The lowest BCUT2D eigenvalue weighted by Gasteiger charge is -2.31. The maximum atomic E-state index is 9.65. The summed E-state index contributed by atoms with van der Waals surface area (Å²) >= 11 is 0. The predicted octanol–water partition coefficient (Wildman–Crippen LogP) is 2.75. The Hall–Kier alpha value is -2.09. The first-order valence-electron chi connectivity index (χ1n) is 7.12. The number of fused-ring (bicyclic) bond motifs is 1. The Morgan fingerprint density at radius 3 is 2.52 bits per heavy atom. The molecule has 2 aromatic carbocycles. The lowest BCUT2D eigenvalue weighted by molar-refractivity contribution is 0.0268. The average molecular weight is 282 g/mol. The fraction of sp³-hybridized carbons (Fsp3) is 0.353. The summed E-state index contributed by atoms with van der Waals surface area (Å²) in [6.07, 6.45) is 0. The van der Waals surface area contributed by atoms with Crippen molar-refractivity contribution in [2.75, 3.05) is 33.4 Å². The molecule has 0 saturated carbocycles. The number of hydrogen-bond donors (Lipinski definition) is 0. The number of nitriles is 1. The molecule has 1 aliphatic heterocycles. The first-order valence-corrected chi connectivity index (χ1v) is 7.12. The van der Waals surface area contributed by atoms with Crippen LogP contribution in [0.3, 0.4) is 0 Å². The second kappa shape index (κ2) is 6.13. The molecule has 1 aliphatic rings. The lowest BCUT2D eigenvalue weighted by atomic mass is 9.97. The van der Waals surface area contributed by atoms with Gasteiger partial charge in [0.05, 0.1) is 26.4 Å². The molecule has 1 atom stereocenters. The smallest absolute Gasteiger partial charge is 0.126 e. The highest BCUT2D eigenvalue weighted by Crippen LogP contribution is 2.33. The molecule has 0 amide bonds. The summed E-state index contributed by atoms with van der Waals surface area (Å²) in [5, 5.41) is 11.8. The maximum Gasteiger partial charge on any atom is 0.126 e. The molecule has 21 heavy (non-hydrogen) atoms. The van der Waals surface area contributed by atoms with Crippen molar-refractivity contribution >= 4 is 10.8 Å². The van der Waals surface area contributed by atoms with Crippen LogP contribution in [0.1, 0.15) is 11.6 Å². The van der Waals surface area contributed by atoms with Gasteiger partial charge in [0.15, 0.2) is 0 Å². The van der Waals surface area contributed by atoms with E-state index in [4.69, 9.17) is 9.47 Å². The molecule has 1 heterocycles. The van der Waals surface area contributed by atoms with Gasteiger partial charge in [-0.2, -0.15) is 5.26 Å². The normalized spacial score (nSPS) is 17.3. The molecule has 0 spiro atoms. The maximum absolute atomic E-state index is 9.65. The van der Waals surface area contributed by atoms with Crippen molar-refractivity contribution in [1.29, 1.82) is 5.26 Å². The van der Waals surface area contributed by atoms with Crippen LogP contribution in [-0.2, 0) is 4.74 Å². The van der Waals surface area contributed by atoms with Gasteiger partial charge < -0.3 is 9.47 Å². The van der Waals surface area contributed by atoms with Crippen molar-refractivity contribution in [1.82, 2.24) is 4.90 Å². The number of ether oxygens (including phenoxy) is 2. The molecule has 0 aliphatic carbocycles. The Morgan fingerprint density at radius 1 is 1.14 bits per heavy atom. The summed E-state index contributed by atoms with van der Waals surface area (Å²) in [5.41, 5.74) is 1.04. The van der Waals surface area contributed by atoms with Crippen molar-refractivity contribution in [2.45, 2.75) is 6.04 Å². The molecule has 0 N–H and O–H groups in total. The van der Waals surface area contributed by atoms with Crippen molar-refractivity contribution in [3.8, 4) is 11.8 Å². The summed E-state index contributed by atoms with van der Waals surface area (Å²) in [6, 6.07) is 14.2. The van der Waals surface area contributed by atoms with E-state index in [1.54, 1.807) is 7.11 Å². The Balaban J connectivity index is 2.08. The number of hydrogen-bond acceptors (Lipinski definition) is 4. The molecule has 0 aromatic heterocycles. The molecule has 1 unspecified atom stereocenters. The number of rotatable bonds is 3. The van der Waals surface area contributed by atoms with Gasteiger partial charge in [0.1, 0.15) is 11.8 Å². The molecule has 0 radical (unpaired) electrons. The van der Waals surface area contributed by atoms with Gasteiger partial charge >= 0.3 is 0 Å². The summed E-state index contributed by atoms with van der Waals surface area (Å²) in [5.74, 6) is 0.841. The van der Waals surface area contributed by atoms with Crippen LogP contribution in [-0.4, -0.2) is 38.3 Å². The molecule has 3 rings (SSSR count). The van der Waals surface area contributed by atoms with Crippen molar-refractivity contribution in [2.24, 2.45) is 0 Å². The van der Waals surface area contributed by atoms with E-state index in [0.717, 1.165) is 35.2 Å². The Morgan fingerprint density at radius 2 is 1.86 bits per heavy atom. The molecular formula is C17H18N2O2. The van der Waals surface area contributed by atoms with Gasteiger partial charge in [0.2, 0.25) is 0 Å². The van der Waals surface area contributed by atoms with Gasteiger partial charge in [-0.25, -0.2) is 0 Å². The van der Waals surface area contributed by atoms with Crippen LogP contribution in [0.25, 0.3) is 10.8 Å². The van der Waals surface area contributed by atoms with E-state index in [1.807, 2.05) is 30.3 Å². The summed E-state index contributed by atoms with van der Waals surface area (Å²) in [6.45, 7) is 2.95. The zero-order valence-electron chi connectivity index (χ0n) is 12.1. The summed E-state index contributed by atoms with van der Waals surface area (Å²) in [4.78, 5) is 2.18. The molecular weight excluding hydrogens is 264 g/mol. The van der Waals surface area contributed by atoms with Crippen LogP contribution in [0.5, 0.6) is 5.75 Å². The van der Waals surface area contributed by atoms with Crippen LogP contribution in [0.4, 0.5) is 0 Å². The summed E-state index contributed by atoms with van der Waals surface area (Å²) in [7, 11) is 1.67. The fourth-order valence-corrected chi connectivity index (χ4v) is 2.89. The SMILES string of the molecule is COc1ccc(C(C#N)N2CCOCC2)c2ccccc12. The van der Waals surface area contributed by atoms with E-state index in [9.17, 15) is 5.26 Å². The number of nitrogens with zero attached hydrogens (tertiary/aromatic N) is 2. The molecule has 0 bridgehead atoms. The van der Waals surface area contributed by atoms with Crippen LogP contribution >= 0.6 is 0 Å². The molecule has 2 aromatic rings. The second-order valence-electron chi connectivity index (χ2n) is 5.08. The third-order valence-electron chi connectivity index (χ3n) is 3.97. The van der Waals surface area contributed by atoms with Crippen molar-refractivity contribution in [3.63, 3.8) is 0 Å². The minimum Gasteiger partial charge on any atom is -0.496 e. The van der Waals surface area contributed by atoms with Gasteiger partial charge in [-0.3, -0.25) is 4.90 Å². The topological polar surface area (TPSA) is 45.5 Å². The molecule has 1 fully saturated rings. The largest absolute Gasteiger partial charge is 0.496 e.